The van der Waals surface area contributed by atoms with E-state index in [0.717, 1.165) is 18.4 Å². The third-order valence-electron chi connectivity index (χ3n) is 4.54. The monoisotopic (exact) mass is 382 g/mol. The predicted molar refractivity (Wildman–Crippen MR) is 97.9 cm³/mol. The van der Waals surface area contributed by atoms with Crippen molar-refractivity contribution in [1.29, 1.82) is 0 Å². The van der Waals surface area contributed by atoms with E-state index in [-0.39, 0.29) is 18.0 Å². The maximum atomic E-state index is 12.1. The van der Waals surface area contributed by atoms with E-state index in [9.17, 15) is 18.0 Å². The van der Waals surface area contributed by atoms with Crippen molar-refractivity contribution in [3.8, 4) is 0 Å². The second-order valence-corrected chi connectivity index (χ2v) is 8.37. The van der Waals surface area contributed by atoms with Crippen LogP contribution in [-0.4, -0.2) is 39.0 Å². The molecule has 0 radical (unpaired) electrons. The molecule has 1 aromatic carbocycles. The normalized spacial score (nSPS) is 16.2. The van der Waals surface area contributed by atoms with Crippen LogP contribution in [0.15, 0.2) is 29.2 Å². The average molecular weight is 382 g/mol. The molecule has 0 aliphatic heterocycles. The number of primary amides is 1. The van der Waals surface area contributed by atoms with Gasteiger partial charge in [-0.05, 0) is 38.3 Å². The van der Waals surface area contributed by atoms with Crippen LogP contribution in [0.2, 0.25) is 0 Å². The number of carbonyl (C=O) groups excluding carboxylic acids is 2. The van der Waals surface area contributed by atoms with Gasteiger partial charge in [-0.2, -0.15) is 0 Å². The summed E-state index contributed by atoms with van der Waals surface area (Å²) in [7, 11) is -3.56. The van der Waals surface area contributed by atoms with Crippen molar-refractivity contribution in [2.45, 2.75) is 49.5 Å². The number of amides is 3. The number of aryl methyl sites for hydroxylation is 1. The zero-order valence-electron chi connectivity index (χ0n) is 14.9. The van der Waals surface area contributed by atoms with Crippen LogP contribution in [-0.2, 0) is 14.8 Å². The Labute approximate surface area is 154 Å². The van der Waals surface area contributed by atoms with E-state index in [2.05, 4.69) is 15.4 Å². The van der Waals surface area contributed by atoms with Gasteiger partial charge in [0, 0.05) is 13.1 Å². The first kappa shape index (κ1) is 20.2. The number of carbonyl (C=O) groups is 2. The molecule has 9 heteroatoms. The molecule has 0 atom stereocenters. The second-order valence-electron chi connectivity index (χ2n) is 6.60. The summed E-state index contributed by atoms with van der Waals surface area (Å²) >= 11 is 0. The van der Waals surface area contributed by atoms with Crippen molar-refractivity contribution in [2.75, 3.05) is 13.1 Å². The zero-order valence-corrected chi connectivity index (χ0v) is 15.7. The maximum Gasteiger partial charge on any atom is 0.315 e. The fourth-order valence-corrected chi connectivity index (χ4v) is 4.04. The third kappa shape index (κ3) is 5.18. The highest BCUT2D eigenvalue weighted by atomic mass is 32.2. The first-order valence-electron chi connectivity index (χ1n) is 8.67. The molecule has 1 aliphatic rings. The number of sulfonamides is 1. The molecule has 8 nitrogen and oxygen atoms in total. The molecule has 0 saturated heterocycles. The lowest BCUT2D eigenvalue weighted by atomic mass is 9.97. The van der Waals surface area contributed by atoms with Crippen LogP contribution in [0.4, 0.5) is 4.79 Å². The van der Waals surface area contributed by atoms with Gasteiger partial charge in [-0.25, -0.2) is 17.9 Å². The SMILES string of the molecule is Cc1ccc(S(=O)(=O)NCCCNC(=O)NC2(C(N)=O)CCCC2)cc1. The Morgan fingerprint density at radius 2 is 1.73 bits per heavy atom. The largest absolute Gasteiger partial charge is 0.368 e. The van der Waals surface area contributed by atoms with Crippen LogP contribution in [0.5, 0.6) is 0 Å². The van der Waals surface area contributed by atoms with E-state index < -0.39 is 27.5 Å². The Bertz CT molecular complexity index is 741. The van der Waals surface area contributed by atoms with Gasteiger partial charge in [0.05, 0.1) is 4.90 Å². The van der Waals surface area contributed by atoms with Gasteiger partial charge in [-0.1, -0.05) is 30.5 Å². The number of nitrogens with two attached hydrogens (primary N) is 1. The van der Waals surface area contributed by atoms with Crippen LogP contribution < -0.4 is 21.1 Å². The fraction of sp³-hybridized carbons (Fsp3) is 0.529. The summed E-state index contributed by atoms with van der Waals surface area (Å²) in [4.78, 5) is 23.8. The molecule has 26 heavy (non-hydrogen) atoms. The smallest absolute Gasteiger partial charge is 0.315 e. The Kier molecular flexibility index (Phi) is 6.60. The van der Waals surface area contributed by atoms with Crippen LogP contribution >= 0.6 is 0 Å². The molecule has 0 unspecified atom stereocenters. The van der Waals surface area contributed by atoms with Gasteiger partial charge < -0.3 is 16.4 Å². The Balaban J connectivity index is 1.72. The molecule has 0 bridgehead atoms. The van der Waals surface area contributed by atoms with Crippen LogP contribution in [0, 0.1) is 6.92 Å². The molecule has 0 spiro atoms. The number of nitrogens with one attached hydrogen (secondary N) is 3. The predicted octanol–water partition coefficient (Wildman–Crippen LogP) is 0.761. The van der Waals surface area contributed by atoms with Crippen LogP contribution in [0.25, 0.3) is 0 Å². The maximum absolute atomic E-state index is 12.1. The molecule has 0 aromatic heterocycles. The number of hydrogen-bond acceptors (Lipinski definition) is 4. The van der Waals surface area contributed by atoms with Gasteiger partial charge >= 0.3 is 6.03 Å². The highest BCUT2D eigenvalue weighted by molar-refractivity contribution is 7.89. The minimum absolute atomic E-state index is 0.192. The molecule has 5 N–H and O–H groups in total. The standard InChI is InChI=1S/C17H26N4O4S/c1-13-5-7-14(8-6-13)26(24,25)20-12-4-11-19-16(23)21-17(15(18)22)9-2-3-10-17/h5-8,20H,2-4,9-12H2,1H3,(H2,18,22)(H2,19,21,23). The zero-order chi connectivity index (χ0) is 19.2. The van der Waals surface area contributed by atoms with E-state index in [1.807, 2.05) is 6.92 Å². The van der Waals surface area contributed by atoms with Crippen molar-refractivity contribution >= 4 is 22.0 Å². The van der Waals surface area contributed by atoms with Gasteiger partial charge in [0.15, 0.2) is 0 Å². The molecule has 144 valence electrons. The molecule has 3 amide bonds. The molecule has 1 saturated carbocycles. The lowest BCUT2D eigenvalue weighted by Gasteiger charge is -2.26. The second kappa shape index (κ2) is 8.50. The van der Waals surface area contributed by atoms with E-state index in [1.54, 1.807) is 24.3 Å². The molecule has 1 aliphatic carbocycles. The molecule has 2 rings (SSSR count). The topological polar surface area (TPSA) is 130 Å². The number of urea groups is 1. The van der Waals surface area contributed by atoms with Gasteiger partial charge in [0.1, 0.15) is 5.54 Å². The summed E-state index contributed by atoms with van der Waals surface area (Å²) in [6.07, 6.45) is 3.22. The highest BCUT2D eigenvalue weighted by Crippen LogP contribution is 2.29. The quantitative estimate of drug-likeness (QED) is 0.494. The van der Waals surface area contributed by atoms with Gasteiger partial charge in [-0.15, -0.1) is 0 Å². The summed E-state index contributed by atoms with van der Waals surface area (Å²) in [5.74, 6) is -0.518. The summed E-state index contributed by atoms with van der Waals surface area (Å²) < 4.78 is 26.7. The summed E-state index contributed by atoms with van der Waals surface area (Å²) in [6.45, 7) is 2.35. The van der Waals surface area contributed by atoms with Crippen molar-refractivity contribution in [2.24, 2.45) is 5.73 Å². The number of hydrogen-bond donors (Lipinski definition) is 4. The Hall–Kier alpha value is -2.13. The van der Waals surface area contributed by atoms with Gasteiger partial charge in [0.2, 0.25) is 15.9 Å². The number of rotatable bonds is 8. The summed E-state index contributed by atoms with van der Waals surface area (Å²) in [5.41, 5.74) is 5.43. The molecular formula is C17H26N4O4S. The lowest BCUT2D eigenvalue weighted by Crippen LogP contribution is -2.58. The van der Waals surface area contributed by atoms with E-state index in [1.165, 1.54) is 0 Å². The summed E-state index contributed by atoms with van der Waals surface area (Å²) in [6, 6.07) is 6.10. The van der Waals surface area contributed by atoms with Crippen LogP contribution in [0.1, 0.15) is 37.7 Å². The number of benzene rings is 1. The Morgan fingerprint density at radius 1 is 1.12 bits per heavy atom. The minimum Gasteiger partial charge on any atom is -0.368 e. The Morgan fingerprint density at radius 3 is 2.31 bits per heavy atom. The first-order chi connectivity index (χ1) is 12.3. The van der Waals surface area contributed by atoms with Crippen molar-refractivity contribution in [3.05, 3.63) is 29.8 Å². The van der Waals surface area contributed by atoms with Crippen molar-refractivity contribution < 1.29 is 18.0 Å². The van der Waals surface area contributed by atoms with E-state index >= 15 is 0 Å². The lowest BCUT2D eigenvalue weighted by molar-refractivity contribution is -0.123. The fourth-order valence-electron chi connectivity index (χ4n) is 2.97. The molecular weight excluding hydrogens is 356 g/mol. The van der Waals surface area contributed by atoms with Crippen molar-refractivity contribution in [1.82, 2.24) is 15.4 Å². The molecule has 0 heterocycles. The average Bonchev–Trinajstić information content (AvgIpc) is 3.04. The first-order valence-corrected chi connectivity index (χ1v) is 10.2. The molecule has 1 aromatic rings. The minimum atomic E-state index is -3.56. The highest BCUT2D eigenvalue weighted by Gasteiger charge is 2.40. The van der Waals surface area contributed by atoms with Gasteiger partial charge in [0.25, 0.3) is 0 Å². The molecule has 1 fully saturated rings. The third-order valence-corrected chi connectivity index (χ3v) is 6.02. The summed E-state index contributed by atoms with van der Waals surface area (Å²) in [5, 5.41) is 5.30. The van der Waals surface area contributed by atoms with E-state index in [0.29, 0.717) is 19.3 Å². The van der Waals surface area contributed by atoms with Crippen LogP contribution in [0.3, 0.4) is 0 Å². The van der Waals surface area contributed by atoms with Gasteiger partial charge in [-0.3, -0.25) is 4.79 Å². The van der Waals surface area contributed by atoms with E-state index in [4.69, 9.17) is 5.73 Å². The van der Waals surface area contributed by atoms with Crippen molar-refractivity contribution in [3.63, 3.8) is 0 Å².